The third-order valence-electron chi connectivity index (χ3n) is 11.0. The standard InChI is InChI=1S/C50H36N2Si/c1-53(2)46-32-41-17-7-6-16-40(41)31-45(46)47-48(51-49(52-50(47)53)44-24-12-18-36-15-8-9-23-43(36)44)42-22-11-21-39(30-42)38-20-10-19-37(29-38)35-27-25-34(26-28-35)33-13-4-3-5-14-33/h3-32H,1-2H3. The van der Waals surface area contributed by atoms with Gasteiger partial charge in [0, 0.05) is 22.0 Å². The minimum Gasteiger partial charge on any atom is -0.237 e. The molecule has 0 amide bonds. The van der Waals surface area contributed by atoms with Crippen LogP contribution in [0, 0.1) is 0 Å². The minimum atomic E-state index is -2.19. The van der Waals surface area contributed by atoms with Crippen LogP contribution in [-0.2, 0) is 0 Å². The Morgan fingerprint density at radius 2 is 0.887 bits per heavy atom. The van der Waals surface area contributed by atoms with Crippen molar-refractivity contribution in [2.45, 2.75) is 13.1 Å². The van der Waals surface area contributed by atoms with Crippen LogP contribution in [0.15, 0.2) is 182 Å². The monoisotopic (exact) mass is 692 g/mol. The van der Waals surface area contributed by atoms with Gasteiger partial charge in [0.25, 0.3) is 0 Å². The number of aromatic nitrogens is 2. The summed E-state index contributed by atoms with van der Waals surface area (Å²) >= 11 is 0. The van der Waals surface area contributed by atoms with E-state index in [0.717, 1.165) is 28.2 Å². The van der Waals surface area contributed by atoms with Crippen molar-refractivity contribution in [3.63, 3.8) is 0 Å². The van der Waals surface area contributed by atoms with Crippen LogP contribution in [0.3, 0.4) is 0 Å². The van der Waals surface area contributed by atoms with E-state index in [0.29, 0.717) is 0 Å². The molecule has 0 saturated heterocycles. The zero-order chi connectivity index (χ0) is 35.5. The van der Waals surface area contributed by atoms with Gasteiger partial charge in [-0.1, -0.05) is 177 Å². The average Bonchev–Trinajstić information content (AvgIpc) is 3.44. The second-order valence-electron chi connectivity index (χ2n) is 14.6. The topological polar surface area (TPSA) is 25.8 Å². The van der Waals surface area contributed by atoms with E-state index in [1.807, 2.05) is 0 Å². The van der Waals surface area contributed by atoms with Gasteiger partial charge in [0.2, 0.25) is 0 Å². The summed E-state index contributed by atoms with van der Waals surface area (Å²) in [5, 5.41) is 7.53. The quantitative estimate of drug-likeness (QED) is 0.168. The van der Waals surface area contributed by atoms with Crippen molar-refractivity contribution in [1.82, 2.24) is 9.97 Å². The molecule has 8 aromatic carbocycles. The first-order chi connectivity index (χ1) is 26.0. The van der Waals surface area contributed by atoms with E-state index in [9.17, 15) is 0 Å². The molecule has 2 nitrogen and oxygen atoms in total. The first-order valence-corrected chi connectivity index (χ1v) is 21.3. The molecule has 250 valence electrons. The number of hydrogen-bond acceptors (Lipinski definition) is 2. The lowest BCUT2D eigenvalue weighted by Gasteiger charge is -2.19. The molecule has 2 heterocycles. The smallest absolute Gasteiger partial charge is 0.160 e. The molecule has 53 heavy (non-hydrogen) atoms. The number of rotatable bonds is 5. The summed E-state index contributed by atoms with van der Waals surface area (Å²) in [4.78, 5) is 11.0. The van der Waals surface area contributed by atoms with Gasteiger partial charge in [-0.05, 0) is 83.9 Å². The third-order valence-corrected chi connectivity index (χ3v) is 14.3. The lowest BCUT2D eigenvalue weighted by Crippen LogP contribution is -2.51. The molecule has 0 N–H and O–H groups in total. The summed E-state index contributed by atoms with van der Waals surface area (Å²) < 4.78 is 0. The summed E-state index contributed by atoms with van der Waals surface area (Å²) in [5.74, 6) is 0.792. The molecule has 9 aromatic rings. The van der Waals surface area contributed by atoms with Crippen LogP contribution in [-0.4, -0.2) is 18.0 Å². The van der Waals surface area contributed by atoms with Crippen LogP contribution in [0.5, 0.6) is 0 Å². The molecule has 1 aliphatic heterocycles. The third kappa shape index (κ3) is 5.32. The summed E-state index contributed by atoms with van der Waals surface area (Å²) in [6.07, 6.45) is 0. The van der Waals surface area contributed by atoms with Crippen LogP contribution in [0.1, 0.15) is 0 Å². The molecule has 0 unspecified atom stereocenters. The highest BCUT2D eigenvalue weighted by Crippen LogP contribution is 2.40. The lowest BCUT2D eigenvalue weighted by atomic mass is 9.94. The molecule has 0 spiro atoms. The zero-order valence-corrected chi connectivity index (χ0v) is 30.7. The molecule has 0 saturated carbocycles. The van der Waals surface area contributed by atoms with Crippen molar-refractivity contribution in [3.05, 3.63) is 182 Å². The Labute approximate surface area is 311 Å². The van der Waals surface area contributed by atoms with E-state index in [4.69, 9.17) is 9.97 Å². The maximum Gasteiger partial charge on any atom is 0.160 e. The summed E-state index contributed by atoms with van der Waals surface area (Å²) in [5.41, 5.74) is 12.8. The maximum atomic E-state index is 5.52. The largest absolute Gasteiger partial charge is 0.237 e. The first-order valence-electron chi connectivity index (χ1n) is 18.3. The molecule has 10 rings (SSSR count). The van der Waals surface area contributed by atoms with Crippen LogP contribution in [0.4, 0.5) is 0 Å². The van der Waals surface area contributed by atoms with Crippen LogP contribution < -0.4 is 10.5 Å². The Morgan fingerprint density at radius 1 is 0.377 bits per heavy atom. The lowest BCUT2D eigenvalue weighted by molar-refractivity contribution is 1.21. The van der Waals surface area contributed by atoms with Gasteiger partial charge in [-0.15, -0.1) is 0 Å². The van der Waals surface area contributed by atoms with E-state index in [1.165, 1.54) is 71.0 Å². The summed E-state index contributed by atoms with van der Waals surface area (Å²) in [6, 6.07) is 65.8. The Morgan fingerprint density at radius 3 is 1.62 bits per heavy atom. The van der Waals surface area contributed by atoms with E-state index in [2.05, 4.69) is 195 Å². The van der Waals surface area contributed by atoms with Gasteiger partial charge in [0.05, 0.1) is 5.69 Å². The number of fused-ring (bicyclic) bond motifs is 5. The van der Waals surface area contributed by atoms with Crippen LogP contribution in [0.2, 0.25) is 13.1 Å². The van der Waals surface area contributed by atoms with E-state index >= 15 is 0 Å². The molecule has 3 heteroatoms. The van der Waals surface area contributed by atoms with Crippen molar-refractivity contribution >= 4 is 40.1 Å². The Bertz CT molecular complexity index is 2850. The predicted molar refractivity (Wildman–Crippen MR) is 226 cm³/mol. The Hall–Kier alpha value is -6.42. The van der Waals surface area contributed by atoms with Gasteiger partial charge in [-0.3, -0.25) is 0 Å². The van der Waals surface area contributed by atoms with Gasteiger partial charge >= 0.3 is 0 Å². The van der Waals surface area contributed by atoms with Crippen molar-refractivity contribution < 1.29 is 0 Å². The fraction of sp³-hybridized carbons (Fsp3) is 0.0400. The molecule has 1 aromatic heterocycles. The van der Waals surface area contributed by atoms with Gasteiger partial charge in [-0.25, -0.2) is 9.97 Å². The Kier molecular flexibility index (Phi) is 7.31. The van der Waals surface area contributed by atoms with Crippen molar-refractivity contribution in [2.75, 3.05) is 0 Å². The molecule has 0 fully saturated rings. The highest BCUT2D eigenvalue weighted by molar-refractivity contribution is 7.03. The second kappa shape index (κ2) is 12.4. The van der Waals surface area contributed by atoms with E-state index in [1.54, 1.807) is 0 Å². The van der Waals surface area contributed by atoms with Crippen LogP contribution in [0.25, 0.3) is 88.7 Å². The number of hydrogen-bond donors (Lipinski definition) is 0. The molecule has 0 bridgehead atoms. The number of nitrogens with zero attached hydrogens (tertiary/aromatic N) is 2. The maximum absolute atomic E-state index is 5.52. The first kappa shape index (κ1) is 31.3. The fourth-order valence-corrected chi connectivity index (χ4v) is 11.1. The van der Waals surface area contributed by atoms with E-state index in [-0.39, 0.29) is 0 Å². The van der Waals surface area contributed by atoms with Gasteiger partial charge < -0.3 is 0 Å². The van der Waals surface area contributed by atoms with Crippen LogP contribution >= 0.6 is 0 Å². The summed E-state index contributed by atoms with van der Waals surface area (Å²) in [6.45, 7) is 4.90. The van der Waals surface area contributed by atoms with Crippen molar-refractivity contribution in [3.8, 4) is 67.2 Å². The molecule has 0 atom stereocenters. The molecule has 0 aliphatic carbocycles. The van der Waals surface area contributed by atoms with Gasteiger partial charge in [0.1, 0.15) is 8.07 Å². The summed E-state index contributed by atoms with van der Waals surface area (Å²) in [7, 11) is -2.19. The number of benzene rings is 8. The molecular formula is C50H36N2Si. The fourth-order valence-electron chi connectivity index (χ4n) is 8.22. The van der Waals surface area contributed by atoms with Gasteiger partial charge in [-0.2, -0.15) is 0 Å². The molecule has 1 aliphatic rings. The highest BCUT2D eigenvalue weighted by Gasteiger charge is 2.42. The Balaban J connectivity index is 1.13. The van der Waals surface area contributed by atoms with Crippen molar-refractivity contribution in [1.29, 1.82) is 0 Å². The molecular weight excluding hydrogens is 657 g/mol. The van der Waals surface area contributed by atoms with E-state index < -0.39 is 8.07 Å². The predicted octanol–water partition coefficient (Wildman–Crippen LogP) is 11.9. The highest BCUT2D eigenvalue weighted by atomic mass is 28.3. The SMILES string of the molecule is C[Si]1(C)c2cc3ccccc3cc2-c2c(-c3cccc(-c4cccc(-c5ccc(-c6ccccc6)cc5)c4)c3)nc(-c3cccc4ccccc34)nc21. The minimum absolute atomic E-state index is 0.792. The van der Waals surface area contributed by atoms with Gasteiger partial charge in [0.15, 0.2) is 5.82 Å². The second-order valence-corrected chi connectivity index (χ2v) is 18.9. The average molecular weight is 693 g/mol. The normalized spacial score (nSPS) is 12.9. The zero-order valence-electron chi connectivity index (χ0n) is 29.7. The molecule has 0 radical (unpaired) electrons. The van der Waals surface area contributed by atoms with Crippen molar-refractivity contribution in [2.24, 2.45) is 0 Å².